The van der Waals surface area contributed by atoms with Gasteiger partial charge in [0.15, 0.2) is 0 Å². The van der Waals surface area contributed by atoms with Gasteiger partial charge in [-0.1, -0.05) is 0 Å². The molecule has 2 atom stereocenters. The molecule has 1 aromatic rings. The van der Waals surface area contributed by atoms with Crippen molar-refractivity contribution in [2.24, 2.45) is 11.7 Å². The largest absolute Gasteiger partial charge is 0.354 e. The third kappa shape index (κ3) is 3.07. The van der Waals surface area contributed by atoms with Crippen molar-refractivity contribution in [3.8, 4) is 0 Å². The van der Waals surface area contributed by atoms with Crippen LogP contribution in [-0.4, -0.2) is 33.3 Å². The summed E-state index contributed by atoms with van der Waals surface area (Å²) in [4.78, 5) is 16.1. The molecule has 0 spiro atoms. The molecule has 3 N–H and O–H groups in total. The molecular formula is C12H21N5O. The van der Waals surface area contributed by atoms with Crippen molar-refractivity contribution in [2.45, 2.75) is 45.7 Å². The Kier molecular flexibility index (Phi) is 3.96. The minimum atomic E-state index is 0.0959. The summed E-state index contributed by atoms with van der Waals surface area (Å²) >= 11 is 0. The lowest BCUT2D eigenvalue weighted by Gasteiger charge is -2.10. The van der Waals surface area contributed by atoms with E-state index in [1.54, 1.807) is 0 Å². The van der Waals surface area contributed by atoms with Crippen LogP contribution in [0.25, 0.3) is 0 Å². The highest BCUT2D eigenvalue weighted by atomic mass is 16.1. The van der Waals surface area contributed by atoms with Gasteiger partial charge in [0.2, 0.25) is 5.91 Å². The number of carbonyl (C=O) groups excluding carboxylic acids is 1. The van der Waals surface area contributed by atoms with E-state index < -0.39 is 0 Å². The Balaban J connectivity index is 1.75. The van der Waals surface area contributed by atoms with Gasteiger partial charge in [-0.2, -0.15) is 5.10 Å². The second-order valence-electron chi connectivity index (χ2n) is 4.99. The summed E-state index contributed by atoms with van der Waals surface area (Å²) in [6.45, 7) is 5.03. The lowest BCUT2D eigenvalue weighted by Crippen LogP contribution is -2.33. The van der Waals surface area contributed by atoms with Crippen LogP contribution in [0.1, 0.15) is 30.9 Å². The number of aromatic nitrogens is 3. The van der Waals surface area contributed by atoms with E-state index >= 15 is 0 Å². The second kappa shape index (κ2) is 5.48. The van der Waals surface area contributed by atoms with E-state index in [4.69, 9.17) is 5.73 Å². The zero-order valence-corrected chi connectivity index (χ0v) is 11.0. The number of aryl methyl sites for hydroxylation is 2. The van der Waals surface area contributed by atoms with E-state index in [0.29, 0.717) is 13.1 Å². The number of nitrogens with one attached hydrogen (secondary N) is 1. The predicted octanol–water partition coefficient (Wildman–Crippen LogP) is 0.139. The SMILES string of the molecule is Cc1nc(C)n(CCNC(=O)C2CCC(N)C2)n1. The van der Waals surface area contributed by atoms with Gasteiger partial charge >= 0.3 is 0 Å². The second-order valence-corrected chi connectivity index (χ2v) is 4.99. The molecule has 0 aliphatic heterocycles. The molecule has 1 aromatic heterocycles. The topological polar surface area (TPSA) is 85.8 Å². The summed E-state index contributed by atoms with van der Waals surface area (Å²) in [6, 6.07) is 0.195. The van der Waals surface area contributed by atoms with Crippen molar-refractivity contribution in [1.29, 1.82) is 0 Å². The first kappa shape index (κ1) is 13.0. The molecule has 6 nitrogen and oxygen atoms in total. The van der Waals surface area contributed by atoms with Crippen LogP contribution in [0.3, 0.4) is 0 Å². The Morgan fingerprint density at radius 2 is 2.28 bits per heavy atom. The summed E-state index contributed by atoms with van der Waals surface area (Å²) in [7, 11) is 0. The molecule has 1 amide bonds. The quantitative estimate of drug-likeness (QED) is 0.797. The third-order valence-corrected chi connectivity index (χ3v) is 3.43. The fraction of sp³-hybridized carbons (Fsp3) is 0.750. The average molecular weight is 251 g/mol. The van der Waals surface area contributed by atoms with Gasteiger partial charge in [-0.25, -0.2) is 9.67 Å². The summed E-state index contributed by atoms with van der Waals surface area (Å²) in [5.41, 5.74) is 5.80. The van der Waals surface area contributed by atoms with E-state index in [0.717, 1.165) is 30.9 Å². The van der Waals surface area contributed by atoms with Crippen molar-refractivity contribution in [3.63, 3.8) is 0 Å². The normalized spacial score (nSPS) is 23.3. The molecule has 1 fully saturated rings. The smallest absolute Gasteiger partial charge is 0.223 e. The van der Waals surface area contributed by atoms with Crippen LogP contribution in [0.4, 0.5) is 0 Å². The molecule has 1 aliphatic carbocycles. The Hall–Kier alpha value is -1.43. The molecule has 0 saturated heterocycles. The molecule has 6 heteroatoms. The maximum Gasteiger partial charge on any atom is 0.223 e. The van der Waals surface area contributed by atoms with Crippen molar-refractivity contribution in [3.05, 3.63) is 11.6 Å². The molecule has 0 aromatic carbocycles. The number of carbonyl (C=O) groups is 1. The van der Waals surface area contributed by atoms with Gasteiger partial charge < -0.3 is 11.1 Å². The maximum atomic E-state index is 11.9. The van der Waals surface area contributed by atoms with Gasteiger partial charge in [-0.05, 0) is 33.1 Å². The first-order chi connectivity index (χ1) is 8.56. The van der Waals surface area contributed by atoms with Crippen molar-refractivity contribution >= 4 is 5.91 Å². The Labute approximate surface area is 107 Å². The van der Waals surface area contributed by atoms with Crippen molar-refractivity contribution in [1.82, 2.24) is 20.1 Å². The average Bonchev–Trinajstić information content (AvgIpc) is 2.86. The number of rotatable bonds is 4. The standard InChI is InChI=1S/C12H21N5O/c1-8-15-9(2)17(16-8)6-5-14-12(18)10-3-4-11(13)7-10/h10-11H,3-7,13H2,1-2H3,(H,14,18). The van der Waals surface area contributed by atoms with E-state index in [-0.39, 0.29) is 17.9 Å². The molecule has 18 heavy (non-hydrogen) atoms. The molecule has 2 rings (SSSR count). The van der Waals surface area contributed by atoms with Crippen LogP contribution in [0.15, 0.2) is 0 Å². The first-order valence-electron chi connectivity index (χ1n) is 6.47. The van der Waals surface area contributed by atoms with Gasteiger partial charge in [0.25, 0.3) is 0 Å². The van der Waals surface area contributed by atoms with Gasteiger partial charge in [0.1, 0.15) is 11.6 Å². The highest BCUT2D eigenvalue weighted by Gasteiger charge is 2.27. The molecule has 2 unspecified atom stereocenters. The zero-order chi connectivity index (χ0) is 13.1. The van der Waals surface area contributed by atoms with Gasteiger partial charge in [0.05, 0.1) is 6.54 Å². The summed E-state index contributed by atoms with van der Waals surface area (Å²) in [6.07, 6.45) is 2.68. The number of nitrogens with zero attached hydrogens (tertiary/aromatic N) is 3. The summed E-state index contributed by atoms with van der Waals surface area (Å²) in [5, 5.41) is 7.20. The number of amides is 1. The van der Waals surface area contributed by atoms with E-state index in [9.17, 15) is 4.79 Å². The van der Waals surface area contributed by atoms with E-state index in [1.807, 2.05) is 18.5 Å². The van der Waals surface area contributed by atoms with Gasteiger partial charge in [-0.3, -0.25) is 4.79 Å². The fourth-order valence-corrected chi connectivity index (χ4v) is 2.46. The molecule has 1 aliphatic rings. The molecular weight excluding hydrogens is 230 g/mol. The third-order valence-electron chi connectivity index (χ3n) is 3.43. The Morgan fingerprint density at radius 3 is 2.83 bits per heavy atom. The van der Waals surface area contributed by atoms with Crippen LogP contribution in [0.5, 0.6) is 0 Å². The van der Waals surface area contributed by atoms with Crippen LogP contribution in [0.2, 0.25) is 0 Å². The Bertz CT molecular complexity index is 428. The van der Waals surface area contributed by atoms with Crippen LogP contribution < -0.4 is 11.1 Å². The maximum absolute atomic E-state index is 11.9. The summed E-state index contributed by atoms with van der Waals surface area (Å²) < 4.78 is 1.82. The lowest BCUT2D eigenvalue weighted by atomic mass is 10.1. The Morgan fingerprint density at radius 1 is 1.50 bits per heavy atom. The number of nitrogens with two attached hydrogens (primary N) is 1. The van der Waals surface area contributed by atoms with E-state index in [2.05, 4.69) is 15.4 Å². The van der Waals surface area contributed by atoms with Crippen LogP contribution >= 0.6 is 0 Å². The lowest BCUT2D eigenvalue weighted by molar-refractivity contribution is -0.124. The predicted molar refractivity (Wildman–Crippen MR) is 67.8 cm³/mol. The van der Waals surface area contributed by atoms with Crippen molar-refractivity contribution < 1.29 is 4.79 Å². The zero-order valence-electron chi connectivity index (χ0n) is 11.0. The number of hydrogen-bond donors (Lipinski definition) is 2. The molecule has 1 saturated carbocycles. The van der Waals surface area contributed by atoms with Gasteiger partial charge in [-0.15, -0.1) is 0 Å². The molecule has 1 heterocycles. The molecule has 100 valence electrons. The first-order valence-corrected chi connectivity index (χ1v) is 6.47. The van der Waals surface area contributed by atoms with E-state index in [1.165, 1.54) is 0 Å². The van der Waals surface area contributed by atoms with Crippen LogP contribution in [-0.2, 0) is 11.3 Å². The fourth-order valence-electron chi connectivity index (χ4n) is 2.46. The van der Waals surface area contributed by atoms with Gasteiger partial charge in [0, 0.05) is 18.5 Å². The number of hydrogen-bond acceptors (Lipinski definition) is 4. The monoisotopic (exact) mass is 251 g/mol. The highest BCUT2D eigenvalue weighted by Crippen LogP contribution is 2.23. The molecule has 0 radical (unpaired) electrons. The minimum absolute atomic E-state index is 0.0959. The minimum Gasteiger partial charge on any atom is -0.354 e. The summed E-state index contributed by atoms with van der Waals surface area (Å²) in [5.74, 6) is 1.86. The van der Waals surface area contributed by atoms with Crippen molar-refractivity contribution in [2.75, 3.05) is 6.54 Å². The molecule has 0 bridgehead atoms. The highest BCUT2D eigenvalue weighted by molar-refractivity contribution is 5.78. The van der Waals surface area contributed by atoms with Crippen LogP contribution in [0, 0.1) is 19.8 Å².